The third kappa shape index (κ3) is 5.72. The van der Waals surface area contributed by atoms with Crippen molar-refractivity contribution in [2.75, 3.05) is 6.54 Å². The highest BCUT2D eigenvalue weighted by atomic mass is 16.3. The molecule has 0 unspecified atom stereocenters. The molecule has 0 bridgehead atoms. The smallest absolute Gasteiger partial charge is 0.254 e. The van der Waals surface area contributed by atoms with Crippen molar-refractivity contribution in [3.8, 4) is 0 Å². The van der Waals surface area contributed by atoms with Crippen LogP contribution in [0.5, 0.6) is 0 Å². The molecule has 0 radical (unpaired) electrons. The van der Waals surface area contributed by atoms with Gasteiger partial charge >= 0.3 is 0 Å². The lowest BCUT2D eigenvalue weighted by Gasteiger charge is -2.21. The Kier molecular flexibility index (Phi) is 6.34. The van der Waals surface area contributed by atoms with Crippen LogP contribution in [0.15, 0.2) is 88.6 Å². The van der Waals surface area contributed by atoms with Gasteiger partial charge in [-0.2, -0.15) is 5.10 Å². The monoisotopic (exact) mass is 347 g/mol. The maximum absolute atomic E-state index is 12.3. The predicted octanol–water partition coefficient (Wildman–Crippen LogP) is 3.43. The SMILES string of the molecule is O=C(CN(Cc1ccccc1)Cc1ccccc1)N/N=C/c1ccco1. The molecule has 0 aliphatic heterocycles. The Bertz CT molecular complexity index is 773. The second-order valence-corrected chi connectivity index (χ2v) is 5.92. The molecule has 0 atom stereocenters. The van der Waals surface area contributed by atoms with Crippen LogP contribution in [0.3, 0.4) is 0 Å². The molecular weight excluding hydrogens is 326 g/mol. The van der Waals surface area contributed by atoms with Crippen molar-refractivity contribution in [2.24, 2.45) is 5.10 Å². The quantitative estimate of drug-likeness (QED) is 0.502. The largest absolute Gasteiger partial charge is 0.463 e. The third-order valence-electron chi connectivity index (χ3n) is 3.79. The number of hydrogen-bond donors (Lipinski definition) is 1. The first-order valence-electron chi connectivity index (χ1n) is 8.45. The van der Waals surface area contributed by atoms with Gasteiger partial charge in [0.05, 0.1) is 19.0 Å². The van der Waals surface area contributed by atoms with E-state index in [4.69, 9.17) is 4.42 Å². The van der Waals surface area contributed by atoms with E-state index in [1.165, 1.54) is 6.21 Å². The van der Waals surface area contributed by atoms with Crippen molar-refractivity contribution in [1.82, 2.24) is 10.3 Å². The number of rotatable bonds is 8. The highest BCUT2D eigenvalue weighted by molar-refractivity contribution is 5.81. The van der Waals surface area contributed by atoms with Gasteiger partial charge in [-0.25, -0.2) is 5.43 Å². The fourth-order valence-electron chi connectivity index (χ4n) is 2.62. The van der Waals surface area contributed by atoms with Crippen LogP contribution in [-0.4, -0.2) is 23.6 Å². The van der Waals surface area contributed by atoms with Crippen LogP contribution in [0.25, 0.3) is 0 Å². The van der Waals surface area contributed by atoms with E-state index in [2.05, 4.69) is 39.7 Å². The number of carbonyl (C=O) groups excluding carboxylic acids is 1. The fourth-order valence-corrected chi connectivity index (χ4v) is 2.62. The minimum absolute atomic E-state index is 0.167. The van der Waals surface area contributed by atoms with Crippen LogP contribution in [0, 0.1) is 0 Å². The van der Waals surface area contributed by atoms with E-state index >= 15 is 0 Å². The van der Waals surface area contributed by atoms with Gasteiger partial charge in [0, 0.05) is 13.1 Å². The second-order valence-electron chi connectivity index (χ2n) is 5.92. The Morgan fingerprint density at radius 3 is 2.08 bits per heavy atom. The van der Waals surface area contributed by atoms with Crippen molar-refractivity contribution in [1.29, 1.82) is 0 Å². The van der Waals surface area contributed by atoms with E-state index < -0.39 is 0 Å². The van der Waals surface area contributed by atoms with Gasteiger partial charge in [-0.15, -0.1) is 0 Å². The van der Waals surface area contributed by atoms with Crippen molar-refractivity contribution in [2.45, 2.75) is 13.1 Å². The molecule has 0 fully saturated rings. The number of nitrogens with zero attached hydrogens (tertiary/aromatic N) is 2. The van der Waals surface area contributed by atoms with Gasteiger partial charge in [-0.05, 0) is 23.3 Å². The summed E-state index contributed by atoms with van der Waals surface area (Å²) in [6.45, 7) is 1.62. The van der Waals surface area contributed by atoms with E-state index in [0.717, 1.165) is 11.1 Å². The molecule has 5 heteroatoms. The number of benzene rings is 2. The molecule has 0 spiro atoms. The van der Waals surface area contributed by atoms with Gasteiger partial charge in [-0.1, -0.05) is 60.7 Å². The fraction of sp³-hybridized carbons (Fsp3) is 0.143. The molecular formula is C21H21N3O2. The summed E-state index contributed by atoms with van der Waals surface area (Å²) in [5, 5.41) is 3.94. The zero-order chi connectivity index (χ0) is 18.0. The molecule has 3 rings (SSSR count). The third-order valence-corrected chi connectivity index (χ3v) is 3.79. The topological polar surface area (TPSA) is 57.8 Å². The Hall–Kier alpha value is -3.18. The normalized spacial score (nSPS) is 11.1. The van der Waals surface area contributed by atoms with E-state index in [1.807, 2.05) is 36.4 Å². The molecule has 1 N–H and O–H groups in total. The standard InChI is InChI=1S/C21H21N3O2/c25-21(23-22-14-20-12-7-13-26-20)17-24(15-18-8-3-1-4-9-18)16-19-10-5-2-6-11-19/h1-14H,15-17H2,(H,23,25)/b22-14+. The Balaban J connectivity index is 1.61. The molecule has 26 heavy (non-hydrogen) atoms. The van der Waals surface area contributed by atoms with Crippen molar-refractivity contribution in [3.63, 3.8) is 0 Å². The highest BCUT2D eigenvalue weighted by Crippen LogP contribution is 2.09. The van der Waals surface area contributed by atoms with Gasteiger partial charge in [0.1, 0.15) is 5.76 Å². The van der Waals surface area contributed by atoms with Crippen LogP contribution in [0.2, 0.25) is 0 Å². The molecule has 1 heterocycles. The van der Waals surface area contributed by atoms with E-state index in [-0.39, 0.29) is 12.5 Å². The zero-order valence-corrected chi connectivity index (χ0v) is 14.4. The Labute approximate surface area is 153 Å². The minimum atomic E-state index is -0.167. The molecule has 0 aliphatic carbocycles. The summed E-state index contributed by atoms with van der Waals surface area (Å²) in [7, 11) is 0. The summed E-state index contributed by atoms with van der Waals surface area (Å²) in [6, 6.07) is 23.8. The van der Waals surface area contributed by atoms with Crippen LogP contribution < -0.4 is 5.43 Å². The lowest BCUT2D eigenvalue weighted by Crippen LogP contribution is -2.34. The van der Waals surface area contributed by atoms with Crippen molar-refractivity contribution < 1.29 is 9.21 Å². The number of nitrogens with one attached hydrogen (secondary N) is 1. The highest BCUT2D eigenvalue weighted by Gasteiger charge is 2.12. The van der Waals surface area contributed by atoms with Gasteiger partial charge in [0.15, 0.2) is 0 Å². The number of furan rings is 1. The van der Waals surface area contributed by atoms with Gasteiger partial charge in [0.2, 0.25) is 0 Å². The molecule has 0 saturated heterocycles. The van der Waals surface area contributed by atoms with Crippen LogP contribution in [0.1, 0.15) is 16.9 Å². The summed E-state index contributed by atoms with van der Waals surface area (Å²) in [5.41, 5.74) is 4.88. The van der Waals surface area contributed by atoms with Crippen LogP contribution in [-0.2, 0) is 17.9 Å². The summed E-state index contributed by atoms with van der Waals surface area (Å²) < 4.78 is 5.14. The maximum atomic E-state index is 12.3. The minimum Gasteiger partial charge on any atom is -0.463 e. The first kappa shape index (κ1) is 17.6. The lowest BCUT2D eigenvalue weighted by atomic mass is 10.1. The van der Waals surface area contributed by atoms with E-state index in [0.29, 0.717) is 18.8 Å². The van der Waals surface area contributed by atoms with Gasteiger partial charge in [-0.3, -0.25) is 9.69 Å². The Morgan fingerprint density at radius 2 is 1.54 bits per heavy atom. The first-order chi connectivity index (χ1) is 12.8. The van der Waals surface area contributed by atoms with E-state index in [9.17, 15) is 4.79 Å². The average Bonchev–Trinajstić information content (AvgIpc) is 3.17. The number of hydrogen-bond acceptors (Lipinski definition) is 4. The summed E-state index contributed by atoms with van der Waals surface area (Å²) in [4.78, 5) is 14.4. The van der Waals surface area contributed by atoms with E-state index in [1.54, 1.807) is 18.4 Å². The molecule has 0 aliphatic rings. The molecule has 3 aromatic rings. The van der Waals surface area contributed by atoms with Crippen molar-refractivity contribution >= 4 is 12.1 Å². The number of carbonyl (C=O) groups is 1. The molecule has 132 valence electrons. The second kappa shape index (κ2) is 9.34. The predicted molar refractivity (Wildman–Crippen MR) is 101 cm³/mol. The molecule has 1 amide bonds. The van der Waals surface area contributed by atoms with Gasteiger partial charge in [0.25, 0.3) is 5.91 Å². The van der Waals surface area contributed by atoms with Gasteiger partial charge < -0.3 is 4.42 Å². The molecule has 5 nitrogen and oxygen atoms in total. The Morgan fingerprint density at radius 1 is 0.923 bits per heavy atom. The number of hydrazone groups is 1. The summed E-state index contributed by atoms with van der Waals surface area (Å²) in [5.74, 6) is 0.426. The summed E-state index contributed by atoms with van der Waals surface area (Å²) in [6.07, 6.45) is 3.04. The number of amides is 1. The maximum Gasteiger partial charge on any atom is 0.254 e. The molecule has 0 saturated carbocycles. The van der Waals surface area contributed by atoms with Crippen molar-refractivity contribution in [3.05, 3.63) is 95.9 Å². The van der Waals surface area contributed by atoms with Crippen LogP contribution >= 0.6 is 0 Å². The zero-order valence-electron chi connectivity index (χ0n) is 14.4. The lowest BCUT2D eigenvalue weighted by molar-refractivity contribution is -0.122. The molecule has 2 aromatic carbocycles. The van der Waals surface area contributed by atoms with Crippen LogP contribution in [0.4, 0.5) is 0 Å². The molecule has 1 aromatic heterocycles. The average molecular weight is 347 g/mol. The first-order valence-corrected chi connectivity index (χ1v) is 8.45. The summed E-state index contributed by atoms with van der Waals surface area (Å²) >= 11 is 0.